The topological polar surface area (TPSA) is 91.4 Å². The van der Waals surface area contributed by atoms with Crippen molar-refractivity contribution < 1.29 is 0 Å². The molecule has 0 spiro atoms. The van der Waals surface area contributed by atoms with Gasteiger partial charge in [0.05, 0.1) is 12.5 Å². The molecular weight excluding hydrogens is 326 g/mol. The Hall–Kier alpha value is -2.62. The fraction of sp³-hybridized carbons (Fsp3) is 0.579. The number of anilines is 2. The van der Waals surface area contributed by atoms with Gasteiger partial charge in [-0.2, -0.15) is 10.2 Å². The third-order valence-corrected chi connectivity index (χ3v) is 5.52. The molecule has 2 aromatic rings. The second kappa shape index (κ2) is 7.73. The highest BCUT2D eigenvalue weighted by Crippen LogP contribution is 2.41. The quantitative estimate of drug-likeness (QED) is 0.828. The van der Waals surface area contributed by atoms with Crippen LogP contribution >= 0.6 is 0 Å². The number of nitrogens with zero attached hydrogens (tertiary/aromatic N) is 5. The minimum atomic E-state index is 0.293. The van der Waals surface area contributed by atoms with Gasteiger partial charge in [0.2, 0.25) is 5.95 Å². The number of aromatic nitrogens is 4. The van der Waals surface area contributed by atoms with Gasteiger partial charge in [-0.3, -0.25) is 0 Å². The van der Waals surface area contributed by atoms with Crippen LogP contribution in [0.3, 0.4) is 0 Å². The van der Waals surface area contributed by atoms with Crippen molar-refractivity contribution in [2.45, 2.75) is 52.6 Å². The van der Waals surface area contributed by atoms with E-state index in [4.69, 9.17) is 0 Å². The van der Waals surface area contributed by atoms with Crippen LogP contribution in [0, 0.1) is 22.7 Å². The third-order valence-electron chi connectivity index (χ3n) is 5.52. The largest absolute Gasteiger partial charge is 0.366 e. The van der Waals surface area contributed by atoms with Crippen molar-refractivity contribution in [3.63, 3.8) is 0 Å². The predicted octanol–water partition coefficient (Wildman–Crippen LogP) is 3.28. The van der Waals surface area contributed by atoms with E-state index >= 15 is 0 Å². The first kappa shape index (κ1) is 18.2. The van der Waals surface area contributed by atoms with Crippen LogP contribution in [0.5, 0.6) is 0 Å². The Morgan fingerprint density at radius 3 is 2.92 bits per heavy atom. The van der Waals surface area contributed by atoms with Crippen molar-refractivity contribution in [2.24, 2.45) is 11.3 Å². The minimum absolute atomic E-state index is 0.293. The molecule has 7 heteroatoms. The van der Waals surface area contributed by atoms with Gasteiger partial charge in [-0.15, -0.1) is 0 Å². The van der Waals surface area contributed by atoms with Crippen molar-refractivity contribution in [3.8, 4) is 6.07 Å². The van der Waals surface area contributed by atoms with Gasteiger partial charge in [0, 0.05) is 31.5 Å². The SMILES string of the molecule is C[C@H]1CC[C@@H](Nc2nc(NCCn3ccnc3)ncc2C#N)CC1(C)C. The molecule has 2 atom stereocenters. The summed E-state index contributed by atoms with van der Waals surface area (Å²) in [5.74, 6) is 1.87. The standard InChI is InChI=1S/C19H27N7/c1-14-4-5-16(10-19(14,2)3)24-17-15(11-20)12-23-18(25-17)22-7-9-26-8-6-21-13-26/h6,8,12-14,16H,4-5,7,9-10H2,1-3H3,(H2,22,23,24,25)/t14-,16+/m0/s1. The molecule has 138 valence electrons. The zero-order valence-corrected chi connectivity index (χ0v) is 15.7. The molecule has 0 radical (unpaired) electrons. The molecular formula is C19H27N7. The maximum atomic E-state index is 9.38. The van der Waals surface area contributed by atoms with E-state index in [9.17, 15) is 5.26 Å². The summed E-state index contributed by atoms with van der Waals surface area (Å²) in [5.41, 5.74) is 0.781. The van der Waals surface area contributed by atoms with Crippen LogP contribution in [0.15, 0.2) is 24.9 Å². The summed E-state index contributed by atoms with van der Waals surface area (Å²) in [6.07, 6.45) is 10.4. The summed E-state index contributed by atoms with van der Waals surface area (Å²) in [5, 5.41) is 16.1. The van der Waals surface area contributed by atoms with E-state index in [-0.39, 0.29) is 0 Å². The maximum absolute atomic E-state index is 9.38. The average Bonchev–Trinajstić information content (AvgIpc) is 3.12. The van der Waals surface area contributed by atoms with Gasteiger partial charge in [0.25, 0.3) is 0 Å². The van der Waals surface area contributed by atoms with Crippen molar-refractivity contribution in [1.82, 2.24) is 19.5 Å². The number of nitriles is 1. The summed E-state index contributed by atoms with van der Waals surface area (Å²) < 4.78 is 1.99. The molecule has 1 saturated carbocycles. The van der Waals surface area contributed by atoms with Gasteiger partial charge in [-0.25, -0.2) is 9.97 Å². The highest BCUT2D eigenvalue weighted by molar-refractivity contribution is 5.54. The molecule has 0 bridgehead atoms. The lowest BCUT2D eigenvalue weighted by molar-refractivity contribution is 0.143. The molecule has 0 amide bonds. The normalized spacial score (nSPS) is 21.8. The lowest BCUT2D eigenvalue weighted by Crippen LogP contribution is -2.37. The lowest BCUT2D eigenvalue weighted by Gasteiger charge is -2.41. The van der Waals surface area contributed by atoms with E-state index in [0.717, 1.165) is 19.4 Å². The summed E-state index contributed by atoms with van der Waals surface area (Å²) in [6.45, 7) is 8.43. The van der Waals surface area contributed by atoms with E-state index in [1.807, 2.05) is 10.8 Å². The van der Waals surface area contributed by atoms with Crippen molar-refractivity contribution in [3.05, 3.63) is 30.5 Å². The van der Waals surface area contributed by atoms with Gasteiger partial charge in [0.1, 0.15) is 17.5 Å². The smallest absolute Gasteiger partial charge is 0.224 e. The van der Waals surface area contributed by atoms with Gasteiger partial charge >= 0.3 is 0 Å². The number of hydrogen-bond donors (Lipinski definition) is 2. The molecule has 0 saturated heterocycles. The fourth-order valence-electron chi connectivity index (χ4n) is 3.47. The Morgan fingerprint density at radius 1 is 1.38 bits per heavy atom. The Morgan fingerprint density at radius 2 is 2.23 bits per heavy atom. The molecule has 2 aromatic heterocycles. The van der Waals surface area contributed by atoms with E-state index in [1.54, 1.807) is 18.7 Å². The second-order valence-corrected chi connectivity index (χ2v) is 7.81. The second-order valence-electron chi connectivity index (χ2n) is 7.81. The average molecular weight is 353 g/mol. The molecule has 0 unspecified atom stereocenters. The van der Waals surface area contributed by atoms with E-state index in [1.165, 1.54) is 6.42 Å². The van der Waals surface area contributed by atoms with Gasteiger partial charge < -0.3 is 15.2 Å². The Balaban J connectivity index is 1.65. The van der Waals surface area contributed by atoms with Crippen LogP contribution in [0.4, 0.5) is 11.8 Å². The molecule has 0 aromatic carbocycles. The summed E-state index contributed by atoms with van der Waals surface area (Å²) >= 11 is 0. The monoisotopic (exact) mass is 353 g/mol. The van der Waals surface area contributed by atoms with Crippen LogP contribution in [0.1, 0.15) is 45.6 Å². The Kier molecular flexibility index (Phi) is 5.40. The molecule has 26 heavy (non-hydrogen) atoms. The van der Waals surface area contributed by atoms with E-state index < -0.39 is 0 Å². The predicted molar refractivity (Wildman–Crippen MR) is 102 cm³/mol. The summed E-state index contributed by atoms with van der Waals surface area (Å²) in [6, 6.07) is 2.53. The van der Waals surface area contributed by atoms with E-state index in [2.05, 4.69) is 52.4 Å². The first-order chi connectivity index (χ1) is 12.5. The summed E-state index contributed by atoms with van der Waals surface area (Å²) in [7, 11) is 0. The van der Waals surface area contributed by atoms with Crippen molar-refractivity contribution in [1.29, 1.82) is 5.26 Å². The van der Waals surface area contributed by atoms with Crippen LogP contribution < -0.4 is 10.6 Å². The third kappa shape index (κ3) is 4.31. The number of imidazole rings is 1. The number of hydrogen-bond acceptors (Lipinski definition) is 6. The molecule has 1 aliphatic rings. The fourth-order valence-corrected chi connectivity index (χ4v) is 3.47. The van der Waals surface area contributed by atoms with Crippen LogP contribution in [0.25, 0.3) is 0 Å². The highest BCUT2D eigenvalue weighted by Gasteiger charge is 2.34. The van der Waals surface area contributed by atoms with Crippen LogP contribution in [-0.4, -0.2) is 32.1 Å². The molecule has 7 nitrogen and oxygen atoms in total. The minimum Gasteiger partial charge on any atom is -0.366 e. The molecule has 1 aliphatic carbocycles. The zero-order valence-electron chi connectivity index (χ0n) is 15.7. The van der Waals surface area contributed by atoms with Gasteiger partial charge in [0.15, 0.2) is 0 Å². The lowest BCUT2D eigenvalue weighted by atomic mass is 9.68. The van der Waals surface area contributed by atoms with E-state index in [0.29, 0.717) is 41.2 Å². The number of nitrogens with one attached hydrogen (secondary N) is 2. The van der Waals surface area contributed by atoms with Gasteiger partial charge in [-0.05, 0) is 30.6 Å². The zero-order chi connectivity index (χ0) is 18.6. The van der Waals surface area contributed by atoms with Crippen LogP contribution in [0.2, 0.25) is 0 Å². The van der Waals surface area contributed by atoms with Crippen LogP contribution in [-0.2, 0) is 6.54 Å². The Bertz CT molecular complexity index is 761. The molecule has 2 heterocycles. The molecule has 3 rings (SSSR count). The number of rotatable bonds is 6. The van der Waals surface area contributed by atoms with Gasteiger partial charge in [-0.1, -0.05) is 20.8 Å². The first-order valence-electron chi connectivity index (χ1n) is 9.21. The van der Waals surface area contributed by atoms with Crippen molar-refractivity contribution in [2.75, 3.05) is 17.2 Å². The first-order valence-corrected chi connectivity index (χ1v) is 9.21. The Labute approximate surface area is 154 Å². The maximum Gasteiger partial charge on any atom is 0.224 e. The molecule has 1 fully saturated rings. The highest BCUT2D eigenvalue weighted by atomic mass is 15.2. The molecule has 0 aliphatic heterocycles. The van der Waals surface area contributed by atoms with Crippen molar-refractivity contribution >= 4 is 11.8 Å². The molecule has 2 N–H and O–H groups in total. The summed E-state index contributed by atoms with van der Waals surface area (Å²) in [4.78, 5) is 12.8.